The van der Waals surface area contributed by atoms with E-state index in [-0.39, 0.29) is 29.1 Å². The van der Waals surface area contributed by atoms with Crippen LogP contribution in [0.5, 0.6) is 0 Å². The largest absolute Gasteiger partial charge is 0.446 e. The lowest BCUT2D eigenvalue weighted by Crippen LogP contribution is -2.24. The van der Waals surface area contributed by atoms with E-state index >= 15 is 0 Å². The molecule has 1 amide bonds. The van der Waals surface area contributed by atoms with Gasteiger partial charge in [0.15, 0.2) is 5.65 Å². The molecule has 0 aliphatic carbocycles. The van der Waals surface area contributed by atoms with Crippen LogP contribution in [0.3, 0.4) is 0 Å². The molecule has 0 aliphatic heterocycles. The number of imidazole rings is 1. The Balaban J connectivity index is 1.64. The van der Waals surface area contributed by atoms with Gasteiger partial charge in [-0.3, -0.25) is 14.2 Å². The number of benzene rings is 1. The van der Waals surface area contributed by atoms with Gasteiger partial charge in [-0.15, -0.1) is 0 Å². The van der Waals surface area contributed by atoms with E-state index in [1.165, 1.54) is 24.5 Å². The Hall–Kier alpha value is -2.55. The molecule has 124 valence electrons. The van der Waals surface area contributed by atoms with Crippen LogP contribution in [0.25, 0.3) is 5.65 Å². The number of carbonyl (C=O) groups excluding carboxylic acids is 1. The van der Waals surface area contributed by atoms with Crippen molar-refractivity contribution in [3.63, 3.8) is 0 Å². The molecular formula is C15H11F3N4OS. The Morgan fingerprint density at radius 2 is 1.96 bits per heavy atom. The van der Waals surface area contributed by atoms with E-state index in [2.05, 4.69) is 15.3 Å². The molecule has 9 heteroatoms. The van der Waals surface area contributed by atoms with Gasteiger partial charge in [0.2, 0.25) is 0 Å². The second-order valence-corrected chi connectivity index (χ2v) is 5.96. The van der Waals surface area contributed by atoms with Crippen LogP contribution in [0.1, 0.15) is 16.1 Å². The zero-order valence-corrected chi connectivity index (χ0v) is 12.9. The smallest absolute Gasteiger partial charge is 0.347 e. The third-order valence-electron chi connectivity index (χ3n) is 3.16. The zero-order chi connectivity index (χ0) is 17.2. The highest BCUT2D eigenvalue weighted by Gasteiger charge is 2.28. The third-order valence-corrected chi connectivity index (χ3v) is 3.90. The van der Waals surface area contributed by atoms with Crippen molar-refractivity contribution >= 4 is 23.3 Å². The van der Waals surface area contributed by atoms with Crippen LogP contribution in [-0.4, -0.2) is 25.8 Å². The molecule has 0 fully saturated rings. The predicted octanol–water partition coefficient (Wildman–Crippen LogP) is 3.27. The summed E-state index contributed by atoms with van der Waals surface area (Å²) in [6, 6.07) is 5.85. The summed E-state index contributed by atoms with van der Waals surface area (Å²) in [6.07, 6.45) is 6.14. The lowest BCUT2D eigenvalue weighted by molar-refractivity contribution is -0.0328. The first-order chi connectivity index (χ1) is 11.4. The summed E-state index contributed by atoms with van der Waals surface area (Å²) in [5.41, 5.74) is -2.70. The minimum Gasteiger partial charge on any atom is -0.347 e. The maximum absolute atomic E-state index is 12.3. The van der Waals surface area contributed by atoms with Crippen molar-refractivity contribution in [2.24, 2.45) is 0 Å². The molecule has 5 nitrogen and oxygen atoms in total. The summed E-state index contributed by atoms with van der Waals surface area (Å²) < 4.78 is 38.4. The minimum atomic E-state index is -4.31. The number of amides is 1. The molecule has 0 aliphatic rings. The number of hydrogen-bond donors (Lipinski definition) is 1. The van der Waals surface area contributed by atoms with E-state index in [1.54, 1.807) is 28.9 Å². The first-order valence-corrected chi connectivity index (χ1v) is 7.64. The van der Waals surface area contributed by atoms with Crippen molar-refractivity contribution in [3.05, 3.63) is 60.3 Å². The number of thioether (sulfide) groups is 1. The van der Waals surface area contributed by atoms with Crippen molar-refractivity contribution in [2.75, 3.05) is 0 Å². The molecule has 3 aromatic rings. The maximum Gasteiger partial charge on any atom is 0.446 e. The summed E-state index contributed by atoms with van der Waals surface area (Å²) in [6.45, 7) is 0.202. The lowest BCUT2D eigenvalue weighted by atomic mass is 10.2. The van der Waals surface area contributed by atoms with Crippen LogP contribution in [0, 0.1) is 0 Å². The molecular weight excluding hydrogens is 341 g/mol. The normalized spacial score (nSPS) is 11.6. The molecule has 1 N–H and O–H groups in total. The van der Waals surface area contributed by atoms with Gasteiger partial charge in [0.05, 0.1) is 12.4 Å². The van der Waals surface area contributed by atoms with E-state index in [0.717, 1.165) is 0 Å². The molecule has 24 heavy (non-hydrogen) atoms. The predicted molar refractivity (Wildman–Crippen MR) is 82.5 cm³/mol. The van der Waals surface area contributed by atoms with E-state index in [4.69, 9.17) is 0 Å². The highest BCUT2D eigenvalue weighted by atomic mass is 32.2. The number of fused-ring (bicyclic) bond motifs is 1. The monoisotopic (exact) mass is 352 g/mol. The maximum atomic E-state index is 12.3. The van der Waals surface area contributed by atoms with Crippen LogP contribution in [0.2, 0.25) is 0 Å². The highest BCUT2D eigenvalue weighted by Crippen LogP contribution is 2.36. The summed E-state index contributed by atoms with van der Waals surface area (Å²) >= 11 is -0.172. The van der Waals surface area contributed by atoms with E-state index in [9.17, 15) is 18.0 Å². The number of carbonyl (C=O) groups is 1. The average molecular weight is 352 g/mol. The quantitative estimate of drug-likeness (QED) is 0.732. The molecule has 0 saturated heterocycles. The van der Waals surface area contributed by atoms with Crippen molar-refractivity contribution in [1.82, 2.24) is 19.7 Å². The Labute approximate surface area is 138 Å². The van der Waals surface area contributed by atoms with Crippen molar-refractivity contribution < 1.29 is 18.0 Å². The molecule has 0 unspecified atom stereocenters. The number of halogens is 3. The molecule has 2 aromatic heterocycles. The number of rotatable bonds is 4. The van der Waals surface area contributed by atoms with Gasteiger partial charge in [0, 0.05) is 23.8 Å². The average Bonchev–Trinajstić information content (AvgIpc) is 2.96. The highest BCUT2D eigenvalue weighted by molar-refractivity contribution is 8.00. The molecule has 0 radical (unpaired) electrons. The Morgan fingerprint density at radius 3 is 2.67 bits per heavy atom. The fourth-order valence-electron chi connectivity index (χ4n) is 2.09. The molecule has 2 heterocycles. The topological polar surface area (TPSA) is 59.3 Å². The number of nitrogens with one attached hydrogen (secondary N) is 1. The standard InChI is InChI=1S/C15H11F3N4OS/c16-15(17,18)24-11-3-1-10(2-4-11)7-21-14(23)12-8-20-13-9-19-5-6-22(12)13/h1-6,8-9H,7H2,(H,21,23). The second-order valence-electron chi connectivity index (χ2n) is 4.82. The van der Waals surface area contributed by atoms with Gasteiger partial charge in [0.25, 0.3) is 5.91 Å². The van der Waals surface area contributed by atoms with Crippen LogP contribution in [0.15, 0.2) is 53.9 Å². The molecule has 3 rings (SSSR count). The number of nitrogens with zero attached hydrogens (tertiary/aromatic N) is 3. The number of hydrogen-bond acceptors (Lipinski definition) is 4. The summed E-state index contributed by atoms with van der Waals surface area (Å²) in [7, 11) is 0. The molecule has 0 spiro atoms. The Morgan fingerprint density at radius 1 is 1.21 bits per heavy atom. The third kappa shape index (κ3) is 3.85. The van der Waals surface area contributed by atoms with Crippen LogP contribution >= 0.6 is 11.8 Å². The SMILES string of the molecule is O=C(NCc1ccc(SC(F)(F)F)cc1)c1cnc2cnccn12. The first kappa shape index (κ1) is 16.3. The molecule has 1 aromatic carbocycles. The minimum absolute atomic E-state index is 0.104. The van der Waals surface area contributed by atoms with Crippen LogP contribution in [-0.2, 0) is 6.54 Å². The summed E-state index contributed by atoms with van der Waals surface area (Å²) in [5.74, 6) is -0.331. The van der Waals surface area contributed by atoms with Gasteiger partial charge in [-0.25, -0.2) is 4.98 Å². The van der Waals surface area contributed by atoms with Gasteiger partial charge < -0.3 is 5.32 Å². The number of aromatic nitrogens is 3. The van der Waals surface area contributed by atoms with E-state index in [1.807, 2.05) is 0 Å². The van der Waals surface area contributed by atoms with E-state index in [0.29, 0.717) is 16.9 Å². The van der Waals surface area contributed by atoms with Crippen LogP contribution < -0.4 is 5.32 Å². The van der Waals surface area contributed by atoms with E-state index < -0.39 is 5.51 Å². The molecule has 0 bridgehead atoms. The van der Waals surface area contributed by atoms with Gasteiger partial charge in [0.1, 0.15) is 5.69 Å². The second kappa shape index (κ2) is 6.52. The lowest BCUT2D eigenvalue weighted by Gasteiger charge is -2.08. The fourth-order valence-corrected chi connectivity index (χ4v) is 2.63. The number of alkyl halides is 3. The first-order valence-electron chi connectivity index (χ1n) is 6.82. The van der Waals surface area contributed by atoms with Crippen molar-refractivity contribution in [2.45, 2.75) is 16.9 Å². The summed E-state index contributed by atoms with van der Waals surface area (Å²) in [4.78, 5) is 20.3. The van der Waals surface area contributed by atoms with Gasteiger partial charge in [-0.05, 0) is 29.5 Å². The Kier molecular flexibility index (Phi) is 4.43. The summed E-state index contributed by atoms with van der Waals surface area (Å²) in [5, 5.41) is 2.71. The van der Waals surface area contributed by atoms with Crippen molar-refractivity contribution in [1.29, 1.82) is 0 Å². The Bertz CT molecular complexity index is 861. The van der Waals surface area contributed by atoms with Crippen LogP contribution in [0.4, 0.5) is 13.2 Å². The molecule has 0 atom stereocenters. The zero-order valence-electron chi connectivity index (χ0n) is 12.1. The fraction of sp³-hybridized carbons (Fsp3) is 0.133. The van der Waals surface area contributed by atoms with Gasteiger partial charge in [-0.2, -0.15) is 13.2 Å². The molecule has 0 saturated carbocycles. The van der Waals surface area contributed by atoms with Crippen molar-refractivity contribution in [3.8, 4) is 0 Å². The van der Waals surface area contributed by atoms with Gasteiger partial charge >= 0.3 is 5.51 Å². The van der Waals surface area contributed by atoms with Gasteiger partial charge in [-0.1, -0.05) is 12.1 Å².